The van der Waals surface area contributed by atoms with Gasteiger partial charge in [-0.05, 0) is 49.2 Å². The number of hydrogen-bond donors (Lipinski definition) is 2. The Labute approximate surface area is 196 Å². The van der Waals surface area contributed by atoms with Crippen molar-refractivity contribution < 1.29 is 9.47 Å². The maximum Gasteiger partial charge on any atom is 0.193 e. The van der Waals surface area contributed by atoms with Gasteiger partial charge in [0.15, 0.2) is 17.5 Å². The summed E-state index contributed by atoms with van der Waals surface area (Å²) in [7, 11) is 3.23. The molecule has 7 heteroatoms. The number of nitrogens with two attached hydrogens (primary N) is 1. The van der Waals surface area contributed by atoms with Crippen LogP contribution >= 0.6 is 24.0 Å². The Morgan fingerprint density at radius 3 is 2.30 bits per heavy atom. The minimum absolute atomic E-state index is 0. The summed E-state index contributed by atoms with van der Waals surface area (Å²) >= 11 is 0. The van der Waals surface area contributed by atoms with Gasteiger partial charge in [-0.15, -0.1) is 24.0 Å². The van der Waals surface area contributed by atoms with Crippen LogP contribution in [0.15, 0.2) is 47.5 Å². The van der Waals surface area contributed by atoms with Crippen molar-refractivity contribution >= 4 is 35.6 Å². The molecule has 0 unspecified atom stereocenters. The number of nitrogens with one attached hydrogen (secondary N) is 1. The van der Waals surface area contributed by atoms with Gasteiger partial charge in [-0.2, -0.15) is 0 Å². The Balaban J connectivity index is 0.00000320. The quantitative estimate of drug-likeness (QED) is 0.314. The lowest BCUT2D eigenvalue weighted by Gasteiger charge is -2.21. The largest absolute Gasteiger partial charge is 0.493 e. The maximum atomic E-state index is 6.13. The molecule has 3 rings (SSSR count). The second-order valence-electron chi connectivity index (χ2n) is 7.36. The van der Waals surface area contributed by atoms with Crippen LogP contribution in [-0.2, 0) is 13.1 Å². The lowest BCUT2D eigenvalue weighted by Crippen LogP contribution is -2.25. The summed E-state index contributed by atoms with van der Waals surface area (Å²) in [5.41, 5.74) is 9.48. The lowest BCUT2D eigenvalue weighted by molar-refractivity contribution is 0.276. The van der Waals surface area contributed by atoms with Gasteiger partial charge in [0.1, 0.15) is 0 Å². The highest BCUT2D eigenvalue weighted by molar-refractivity contribution is 14.0. The van der Waals surface area contributed by atoms with Gasteiger partial charge in [0, 0.05) is 18.3 Å². The molecule has 0 bridgehead atoms. The zero-order valence-corrected chi connectivity index (χ0v) is 20.2. The molecule has 0 aliphatic carbocycles. The van der Waals surface area contributed by atoms with Crippen molar-refractivity contribution in [2.75, 3.05) is 32.6 Å². The number of nitrogens with zero attached hydrogens (tertiary/aromatic N) is 2. The zero-order chi connectivity index (χ0) is 20.5. The Kier molecular flexibility index (Phi) is 10.2. The third-order valence-corrected chi connectivity index (χ3v) is 5.29. The first kappa shape index (κ1) is 24.3. The minimum Gasteiger partial charge on any atom is -0.493 e. The maximum absolute atomic E-state index is 6.13. The molecule has 0 aromatic heterocycles. The van der Waals surface area contributed by atoms with Gasteiger partial charge in [-0.1, -0.05) is 37.1 Å². The molecule has 2 aromatic rings. The predicted octanol–water partition coefficient (Wildman–Crippen LogP) is 4.62. The monoisotopic (exact) mass is 524 g/mol. The van der Waals surface area contributed by atoms with Crippen LogP contribution in [0, 0.1) is 0 Å². The minimum atomic E-state index is 0. The van der Waals surface area contributed by atoms with E-state index in [-0.39, 0.29) is 24.0 Å². The van der Waals surface area contributed by atoms with Crippen LogP contribution in [0.1, 0.15) is 36.8 Å². The molecule has 3 N–H and O–H groups in total. The number of benzene rings is 2. The van der Waals surface area contributed by atoms with E-state index in [0.717, 1.165) is 12.2 Å². The van der Waals surface area contributed by atoms with Crippen LogP contribution in [0.3, 0.4) is 0 Å². The van der Waals surface area contributed by atoms with E-state index in [9.17, 15) is 0 Å². The number of methoxy groups -OCH3 is 2. The number of rotatable bonds is 7. The molecule has 30 heavy (non-hydrogen) atoms. The molecule has 2 aromatic carbocycles. The zero-order valence-electron chi connectivity index (χ0n) is 17.9. The van der Waals surface area contributed by atoms with E-state index >= 15 is 0 Å². The molecule has 0 atom stereocenters. The molecule has 1 aliphatic heterocycles. The highest BCUT2D eigenvalue weighted by Crippen LogP contribution is 2.29. The van der Waals surface area contributed by atoms with Gasteiger partial charge >= 0.3 is 0 Å². The molecule has 1 fully saturated rings. The van der Waals surface area contributed by atoms with Gasteiger partial charge in [0.2, 0.25) is 0 Å². The summed E-state index contributed by atoms with van der Waals surface area (Å²) in [6, 6.07) is 14.1. The number of halogens is 1. The van der Waals surface area contributed by atoms with E-state index in [0.29, 0.717) is 24.0 Å². The molecule has 1 saturated heterocycles. The number of aliphatic imine (C=N–C) groups is 1. The second-order valence-corrected chi connectivity index (χ2v) is 7.36. The van der Waals surface area contributed by atoms with Crippen molar-refractivity contribution in [1.29, 1.82) is 0 Å². The van der Waals surface area contributed by atoms with Crippen molar-refractivity contribution in [1.82, 2.24) is 4.90 Å². The van der Waals surface area contributed by atoms with Crippen molar-refractivity contribution in [3.8, 4) is 11.5 Å². The normalized spacial score (nSPS) is 15.1. The lowest BCUT2D eigenvalue weighted by atomic mass is 10.1. The molecule has 0 saturated carbocycles. The van der Waals surface area contributed by atoms with Gasteiger partial charge in [-0.25, -0.2) is 4.99 Å². The van der Waals surface area contributed by atoms with E-state index in [4.69, 9.17) is 15.2 Å². The molecular formula is C23H33IN4O2. The van der Waals surface area contributed by atoms with Crippen LogP contribution in [0.2, 0.25) is 0 Å². The molecule has 1 aliphatic rings. The van der Waals surface area contributed by atoms with E-state index in [1.165, 1.54) is 49.9 Å². The van der Waals surface area contributed by atoms with Crippen LogP contribution < -0.4 is 20.5 Å². The number of hydrogen-bond acceptors (Lipinski definition) is 4. The van der Waals surface area contributed by atoms with Crippen molar-refractivity contribution in [3.05, 3.63) is 53.6 Å². The van der Waals surface area contributed by atoms with E-state index < -0.39 is 0 Å². The van der Waals surface area contributed by atoms with Crippen LogP contribution in [0.4, 0.5) is 5.69 Å². The van der Waals surface area contributed by atoms with Crippen LogP contribution in [0.25, 0.3) is 0 Å². The second kappa shape index (κ2) is 12.6. The van der Waals surface area contributed by atoms with Gasteiger partial charge in [-0.3, -0.25) is 4.90 Å². The number of anilines is 1. The molecule has 0 amide bonds. The van der Waals surface area contributed by atoms with Gasteiger partial charge in [0.05, 0.1) is 20.8 Å². The summed E-state index contributed by atoms with van der Waals surface area (Å²) in [6.07, 6.45) is 5.28. The Hall–Kier alpha value is -2.00. The fourth-order valence-electron chi connectivity index (χ4n) is 3.67. The fourth-order valence-corrected chi connectivity index (χ4v) is 3.67. The van der Waals surface area contributed by atoms with Crippen molar-refractivity contribution in [2.45, 2.75) is 38.8 Å². The first-order chi connectivity index (χ1) is 14.2. The molecule has 164 valence electrons. The van der Waals surface area contributed by atoms with Gasteiger partial charge in [0.25, 0.3) is 0 Å². The summed E-state index contributed by atoms with van der Waals surface area (Å²) in [5.74, 6) is 1.70. The standard InChI is InChI=1S/C23H32N4O2.HI/c1-28-21-12-11-20(15-22(21)29-2)26-23(24)25-16-18-9-5-6-10-19(18)17-27-13-7-3-4-8-14-27;/h5-6,9-12,15H,3-4,7-8,13-14,16-17H2,1-2H3,(H3,24,25,26);1H. The highest BCUT2D eigenvalue weighted by atomic mass is 127. The first-order valence-corrected chi connectivity index (χ1v) is 10.3. The van der Waals surface area contributed by atoms with Crippen molar-refractivity contribution in [2.24, 2.45) is 10.7 Å². The molecule has 0 radical (unpaired) electrons. The predicted molar refractivity (Wildman–Crippen MR) is 134 cm³/mol. The SMILES string of the molecule is COc1ccc(NC(N)=NCc2ccccc2CN2CCCCCC2)cc1OC.I. The molecular weight excluding hydrogens is 491 g/mol. The number of guanidine groups is 1. The van der Waals surface area contributed by atoms with E-state index in [1.54, 1.807) is 14.2 Å². The van der Waals surface area contributed by atoms with Gasteiger partial charge < -0.3 is 20.5 Å². The molecule has 1 heterocycles. The average molecular weight is 524 g/mol. The summed E-state index contributed by atoms with van der Waals surface area (Å²) in [5, 5.41) is 3.13. The molecule has 0 spiro atoms. The van der Waals surface area contributed by atoms with Crippen molar-refractivity contribution in [3.63, 3.8) is 0 Å². The highest BCUT2D eigenvalue weighted by Gasteiger charge is 2.11. The van der Waals surface area contributed by atoms with E-state index in [1.807, 2.05) is 18.2 Å². The fraction of sp³-hybridized carbons (Fsp3) is 0.435. The average Bonchev–Trinajstić information content (AvgIpc) is 3.01. The number of ether oxygens (including phenoxy) is 2. The smallest absolute Gasteiger partial charge is 0.193 e. The third-order valence-electron chi connectivity index (χ3n) is 5.29. The van der Waals surface area contributed by atoms with Crippen LogP contribution in [-0.4, -0.2) is 38.2 Å². The Bertz CT molecular complexity index is 821. The summed E-state index contributed by atoms with van der Waals surface area (Å²) < 4.78 is 10.6. The molecule has 6 nitrogen and oxygen atoms in total. The van der Waals surface area contributed by atoms with E-state index in [2.05, 4.69) is 39.5 Å². The summed E-state index contributed by atoms with van der Waals surface area (Å²) in [6.45, 7) is 3.89. The van der Waals surface area contributed by atoms with Crippen LogP contribution in [0.5, 0.6) is 11.5 Å². The topological polar surface area (TPSA) is 72.1 Å². The Morgan fingerprint density at radius 1 is 0.967 bits per heavy atom. The first-order valence-electron chi connectivity index (χ1n) is 10.3. The number of likely N-dealkylation sites (tertiary alicyclic amines) is 1. The Morgan fingerprint density at radius 2 is 1.63 bits per heavy atom. The summed E-state index contributed by atoms with van der Waals surface area (Å²) in [4.78, 5) is 7.11. The third kappa shape index (κ3) is 7.05.